The number of benzene rings is 1. The van der Waals surface area contributed by atoms with E-state index in [0.717, 1.165) is 6.07 Å². The van der Waals surface area contributed by atoms with Crippen LogP contribution in [0.4, 0.5) is 23.7 Å². The number of carbonyl (C=O) groups excluding carboxylic acids is 1. The SMILES string of the molecule is CC(C)(C)OC(=O)N1CC[C@@]2(CNc3ccc(C(F)(F)F)cc32)C1. The Balaban J connectivity index is 1.84. The molecule has 2 aliphatic rings. The lowest BCUT2D eigenvalue weighted by atomic mass is 9.81. The van der Waals surface area contributed by atoms with Gasteiger partial charge in [0.2, 0.25) is 0 Å². The van der Waals surface area contributed by atoms with E-state index in [-0.39, 0.29) is 0 Å². The number of nitrogens with zero attached hydrogens (tertiary/aromatic N) is 1. The van der Waals surface area contributed by atoms with Gasteiger partial charge in [0.25, 0.3) is 0 Å². The zero-order chi connectivity index (χ0) is 17.8. The number of fused-ring (bicyclic) bond motifs is 2. The average Bonchev–Trinajstić information content (AvgIpc) is 3.02. The third-order valence-electron chi connectivity index (χ3n) is 4.54. The number of halogens is 3. The van der Waals surface area contributed by atoms with E-state index in [4.69, 9.17) is 4.74 Å². The zero-order valence-electron chi connectivity index (χ0n) is 14.0. The van der Waals surface area contributed by atoms with Crippen molar-refractivity contribution in [3.05, 3.63) is 29.3 Å². The molecule has 1 saturated heterocycles. The number of ether oxygens (including phenoxy) is 1. The zero-order valence-corrected chi connectivity index (χ0v) is 14.0. The summed E-state index contributed by atoms with van der Waals surface area (Å²) < 4.78 is 44.4. The lowest BCUT2D eigenvalue weighted by molar-refractivity contribution is -0.137. The smallest absolute Gasteiger partial charge is 0.416 e. The molecule has 0 aliphatic carbocycles. The molecule has 1 N–H and O–H groups in total. The van der Waals surface area contributed by atoms with Gasteiger partial charge in [0.15, 0.2) is 0 Å². The van der Waals surface area contributed by atoms with Crippen molar-refractivity contribution in [2.75, 3.05) is 25.0 Å². The number of hydrogen-bond acceptors (Lipinski definition) is 3. The Morgan fingerprint density at radius 1 is 1.29 bits per heavy atom. The lowest BCUT2D eigenvalue weighted by Gasteiger charge is -2.27. The first-order valence-corrected chi connectivity index (χ1v) is 7.94. The van der Waals surface area contributed by atoms with E-state index in [2.05, 4.69) is 5.32 Å². The second-order valence-corrected chi connectivity index (χ2v) is 7.54. The molecule has 0 aromatic heterocycles. The first kappa shape index (κ1) is 16.9. The number of anilines is 1. The Bertz CT molecular complexity index is 667. The third kappa shape index (κ3) is 3.03. The van der Waals surface area contributed by atoms with Crippen LogP contribution in [-0.2, 0) is 16.3 Å². The lowest BCUT2D eigenvalue weighted by Crippen LogP contribution is -2.39. The van der Waals surface area contributed by atoms with Gasteiger partial charge in [0, 0.05) is 30.7 Å². The number of amides is 1. The first-order valence-electron chi connectivity index (χ1n) is 7.94. The van der Waals surface area contributed by atoms with Crippen LogP contribution in [0.1, 0.15) is 38.3 Å². The maximum Gasteiger partial charge on any atom is 0.416 e. The molecule has 0 bridgehead atoms. The standard InChI is InChI=1S/C17H21F3N2O2/c1-15(2,3)24-14(23)22-7-6-16(10-22)9-21-13-5-4-11(8-12(13)16)17(18,19)20/h4-5,8,21H,6-7,9-10H2,1-3H3/t16-/m1/s1. The van der Waals surface area contributed by atoms with Crippen LogP contribution in [-0.4, -0.2) is 36.2 Å². The molecule has 1 spiro atoms. The minimum absolute atomic E-state index is 0.364. The third-order valence-corrected chi connectivity index (χ3v) is 4.54. The Hall–Kier alpha value is -1.92. The molecule has 1 amide bonds. The van der Waals surface area contributed by atoms with Crippen molar-refractivity contribution in [1.29, 1.82) is 0 Å². The minimum atomic E-state index is -4.37. The van der Waals surface area contributed by atoms with Crippen LogP contribution in [0.15, 0.2) is 18.2 Å². The summed E-state index contributed by atoms with van der Waals surface area (Å²) in [5.74, 6) is 0. The van der Waals surface area contributed by atoms with Gasteiger partial charge in [0.05, 0.1) is 5.56 Å². The molecule has 7 heteroatoms. The van der Waals surface area contributed by atoms with Gasteiger partial charge in [-0.3, -0.25) is 0 Å². The van der Waals surface area contributed by atoms with Crippen molar-refractivity contribution < 1.29 is 22.7 Å². The Kier molecular flexibility index (Phi) is 3.73. The number of carbonyl (C=O) groups is 1. The maximum absolute atomic E-state index is 13.0. The number of alkyl halides is 3. The second-order valence-electron chi connectivity index (χ2n) is 7.54. The highest BCUT2D eigenvalue weighted by molar-refractivity contribution is 5.70. The van der Waals surface area contributed by atoms with Crippen LogP contribution in [0.5, 0.6) is 0 Å². The summed E-state index contributed by atoms with van der Waals surface area (Å²) in [6.07, 6.45) is -4.17. The molecule has 24 heavy (non-hydrogen) atoms. The monoisotopic (exact) mass is 342 g/mol. The van der Waals surface area contributed by atoms with Crippen molar-refractivity contribution in [2.45, 2.75) is 44.4 Å². The maximum atomic E-state index is 13.0. The van der Waals surface area contributed by atoms with Gasteiger partial charge in [-0.05, 0) is 51.0 Å². The van der Waals surface area contributed by atoms with E-state index in [1.165, 1.54) is 12.1 Å². The van der Waals surface area contributed by atoms with E-state index in [9.17, 15) is 18.0 Å². The van der Waals surface area contributed by atoms with Gasteiger partial charge in [-0.2, -0.15) is 13.2 Å². The molecule has 2 heterocycles. The fourth-order valence-corrected chi connectivity index (χ4v) is 3.39. The summed E-state index contributed by atoms with van der Waals surface area (Å²) >= 11 is 0. The first-order chi connectivity index (χ1) is 11.0. The molecule has 132 valence electrons. The van der Waals surface area contributed by atoms with Gasteiger partial charge in [-0.1, -0.05) is 0 Å². The van der Waals surface area contributed by atoms with Crippen molar-refractivity contribution in [1.82, 2.24) is 4.90 Å². The molecule has 3 rings (SSSR count). The Labute approximate surface area is 139 Å². The molecule has 0 saturated carbocycles. The van der Waals surface area contributed by atoms with Crippen LogP contribution in [0.25, 0.3) is 0 Å². The molecule has 2 aliphatic heterocycles. The van der Waals surface area contributed by atoms with Gasteiger partial charge in [0.1, 0.15) is 5.60 Å². The van der Waals surface area contributed by atoms with Crippen LogP contribution >= 0.6 is 0 Å². The van der Waals surface area contributed by atoms with Crippen LogP contribution < -0.4 is 5.32 Å². The van der Waals surface area contributed by atoms with Gasteiger partial charge in [-0.25, -0.2) is 4.79 Å². The van der Waals surface area contributed by atoms with Gasteiger partial charge >= 0.3 is 12.3 Å². The van der Waals surface area contributed by atoms with E-state index >= 15 is 0 Å². The van der Waals surface area contributed by atoms with Crippen molar-refractivity contribution in [3.63, 3.8) is 0 Å². The topological polar surface area (TPSA) is 41.6 Å². The Morgan fingerprint density at radius 2 is 2.00 bits per heavy atom. The molecule has 1 atom stereocenters. The second kappa shape index (κ2) is 5.29. The summed E-state index contributed by atoms with van der Waals surface area (Å²) in [4.78, 5) is 13.8. The van der Waals surface area contributed by atoms with Crippen LogP contribution in [0, 0.1) is 0 Å². The molecule has 0 radical (unpaired) electrons. The fourth-order valence-electron chi connectivity index (χ4n) is 3.39. The summed E-state index contributed by atoms with van der Waals surface area (Å²) in [6, 6.07) is 3.78. The normalized spacial score (nSPS) is 23.3. The number of hydrogen-bond donors (Lipinski definition) is 1. The van der Waals surface area contributed by atoms with E-state index in [1.807, 2.05) is 0 Å². The summed E-state index contributed by atoms with van der Waals surface area (Å²) in [5.41, 5.74) is -0.368. The quantitative estimate of drug-likeness (QED) is 0.775. The average molecular weight is 342 g/mol. The molecular formula is C17H21F3N2O2. The number of likely N-dealkylation sites (tertiary alicyclic amines) is 1. The Morgan fingerprint density at radius 3 is 2.62 bits per heavy atom. The molecule has 1 aromatic carbocycles. The highest BCUT2D eigenvalue weighted by Crippen LogP contribution is 2.45. The van der Waals surface area contributed by atoms with Crippen molar-refractivity contribution in [3.8, 4) is 0 Å². The molecule has 0 unspecified atom stereocenters. The molecular weight excluding hydrogens is 321 g/mol. The largest absolute Gasteiger partial charge is 0.444 e. The van der Waals surface area contributed by atoms with Gasteiger partial charge < -0.3 is 15.0 Å². The summed E-state index contributed by atoms with van der Waals surface area (Å²) in [7, 11) is 0. The summed E-state index contributed by atoms with van der Waals surface area (Å²) in [5, 5.41) is 3.17. The van der Waals surface area contributed by atoms with Crippen molar-refractivity contribution in [2.24, 2.45) is 0 Å². The molecule has 4 nitrogen and oxygen atoms in total. The number of nitrogens with one attached hydrogen (secondary N) is 1. The van der Waals surface area contributed by atoms with Gasteiger partial charge in [-0.15, -0.1) is 0 Å². The summed E-state index contributed by atoms with van der Waals surface area (Å²) in [6.45, 7) is 6.74. The fraction of sp³-hybridized carbons (Fsp3) is 0.588. The molecule has 1 fully saturated rings. The van der Waals surface area contributed by atoms with Crippen molar-refractivity contribution >= 4 is 11.8 Å². The minimum Gasteiger partial charge on any atom is -0.444 e. The molecule has 1 aromatic rings. The van der Waals surface area contributed by atoms with E-state index in [0.29, 0.717) is 37.3 Å². The predicted molar refractivity (Wildman–Crippen MR) is 84.0 cm³/mol. The van der Waals surface area contributed by atoms with E-state index in [1.54, 1.807) is 25.7 Å². The highest BCUT2D eigenvalue weighted by Gasteiger charge is 2.47. The highest BCUT2D eigenvalue weighted by atomic mass is 19.4. The van der Waals surface area contributed by atoms with Crippen LogP contribution in [0.3, 0.4) is 0 Å². The number of rotatable bonds is 0. The van der Waals surface area contributed by atoms with E-state index < -0.39 is 28.8 Å². The van der Waals surface area contributed by atoms with Crippen LogP contribution in [0.2, 0.25) is 0 Å². The predicted octanol–water partition coefficient (Wildman–Crippen LogP) is 4.01.